The van der Waals surface area contributed by atoms with Crippen LogP contribution in [0.25, 0.3) is 0 Å². The predicted octanol–water partition coefficient (Wildman–Crippen LogP) is 2.85. The Labute approximate surface area is 155 Å². The van der Waals surface area contributed by atoms with E-state index >= 15 is 0 Å². The first-order chi connectivity index (χ1) is 12.5. The lowest BCUT2D eigenvalue weighted by atomic mass is 10.2. The fourth-order valence-corrected chi connectivity index (χ4v) is 3.25. The average Bonchev–Trinajstić information content (AvgIpc) is 3.16. The molecule has 0 bridgehead atoms. The van der Waals surface area contributed by atoms with E-state index in [9.17, 15) is 9.59 Å². The van der Waals surface area contributed by atoms with Gasteiger partial charge >= 0.3 is 0 Å². The molecule has 0 saturated carbocycles. The van der Waals surface area contributed by atoms with Crippen molar-refractivity contribution in [1.82, 2.24) is 5.32 Å². The van der Waals surface area contributed by atoms with Crippen LogP contribution in [0.3, 0.4) is 0 Å². The van der Waals surface area contributed by atoms with Gasteiger partial charge in [0, 0.05) is 12.1 Å². The Morgan fingerprint density at radius 3 is 2.85 bits per heavy atom. The number of hydrogen-bond acceptors (Lipinski definition) is 6. The Bertz CT molecular complexity index is 888. The monoisotopic (exact) mass is 370 g/mol. The van der Waals surface area contributed by atoms with E-state index < -0.39 is 5.25 Å². The van der Waals surface area contributed by atoms with Crippen LogP contribution in [0.15, 0.2) is 51.0 Å². The van der Waals surface area contributed by atoms with Gasteiger partial charge in [0.2, 0.25) is 11.8 Å². The highest BCUT2D eigenvalue weighted by Gasteiger charge is 2.32. The molecule has 2 heterocycles. The molecule has 0 spiro atoms. The smallest absolute Gasteiger partial charge is 0.240 e. The van der Waals surface area contributed by atoms with Gasteiger partial charge in [0.25, 0.3) is 0 Å². The van der Waals surface area contributed by atoms with Crippen molar-refractivity contribution in [1.29, 1.82) is 0 Å². The number of benzene rings is 1. The van der Waals surface area contributed by atoms with Gasteiger partial charge in [0.05, 0.1) is 6.21 Å². The van der Waals surface area contributed by atoms with E-state index in [0.29, 0.717) is 10.9 Å². The highest BCUT2D eigenvalue weighted by atomic mass is 32.2. The van der Waals surface area contributed by atoms with Gasteiger partial charge < -0.3 is 15.1 Å². The van der Waals surface area contributed by atoms with Crippen molar-refractivity contribution in [2.45, 2.75) is 25.5 Å². The van der Waals surface area contributed by atoms with Crippen LogP contribution in [-0.4, -0.2) is 28.4 Å². The summed E-state index contributed by atoms with van der Waals surface area (Å²) in [6, 6.07) is 11.1. The lowest BCUT2D eigenvalue weighted by Crippen LogP contribution is -2.28. The number of rotatable bonds is 5. The molecule has 1 aromatic carbocycles. The van der Waals surface area contributed by atoms with Gasteiger partial charge in [0.15, 0.2) is 5.17 Å². The summed E-state index contributed by atoms with van der Waals surface area (Å²) in [6.45, 7) is 3.75. The molecule has 8 heteroatoms. The van der Waals surface area contributed by atoms with Gasteiger partial charge in [-0.25, -0.2) is 0 Å². The summed E-state index contributed by atoms with van der Waals surface area (Å²) in [4.78, 5) is 24.2. The summed E-state index contributed by atoms with van der Waals surface area (Å²) >= 11 is 1.19. The third-order valence-electron chi connectivity index (χ3n) is 3.66. The molecule has 1 aliphatic heterocycles. The number of amides is 2. The minimum atomic E-state index is -0.529. The molecule has 1 aromatic heterocycles. The lowest BCUT2D eigenvalue weighted by molar-refractivity contribution is -0.122. The minimum absolute atomic E-state index is 0.0605. The van der Waals surface area contributed by atoms with Gasteiger partial charge in [-0.05, 0) is 37.6 Å². The van der Waals surface area contributed by atoms with Gasteiger partial charge in [-0.1, -0.05) is 30.0 Å². The maximum Gasteiger partial charge on any atom is 0.240 e. The van der Waals surface area contributed by atoms with Crippen molar-refractivity contribution in [3.8, 4) is 0 Å². The van der Waals surface area contributed by atoms with Crippen LogP contribution in [0, 0.1) is 13.8 Å². The number of nitrogens with zero attached hydrogens (tertiary/aromatic N) is 2. The predicted molar refractivity (Wildman–Crippen MR) is 102 cm³/mol. The number of carbonyl (C=O) groups excluding carboxylic acids is 2. The SMILES string of the molecule is Cc1ccc(/C=N\N=C2/NC(=O)C(CC(=O)Nc3ccccc3C)S2)o1. The highest BCUT2D eigenvalue weighted by molar-refractivity contribution is 8.15. The number of anilines is 1. The molecule has 1 fully saturated rings. The van der Waals surface area contributed by atoms with Crippen LogP contribution in [-0.2, 0) is 9.59 Å². The van der Waals surface area contributed by atoms with E-state index in [2.05, 4.69) is 20.8 Å². The Morgan fingerprint density at radius 2 is 2.12 bits per heavy atom. The van der Waals surface area contributed by atoms with Crippen LogP contribution >= 0.6 is 11.8 Å². The summed E-state index contributed by atoms with van der Waals surface area (Å²) in [6.07, 6.45) is 1.52. The zero-order valence-corrected chi connectivity index (χ0v) is 15.2. The van der Waals surface area contributed by atoms with Gasteiger partial charge in [-0.3, -0.25) is 9.59 Å². The number of thioether (sulfide) groups is 1. The Morgan fingerprint density at radius 1 is 1.31 bits per heavy atom. The fourth-order valence-electron chi connectivity index (χ4n) is 2.33. The number of furan rings is 1. The lowest BCUT2D eigenvalue weighted by Gasteiger charge is -2.09. The molecule has 1 saturated heterocycles. The third kappa shape index (κ3) is 4.60. The van der Waals surface area contributed by atoms with Crippen LogP contribution in [0.2, 0.25) is 0 Å². The average molecular weight is 370 g/mol. The molecule has 2 amide bonds. The molecule has 2 aromatic rings. The Kier molecular flexibility index (Phi) is 5.52. The van der Waals surface area contributed by atoms with Crippen LogP contribution < -0.4 is 10.6 Å². The van der Waals surface area contributed by atoms with E-state index in [1.165, 1.54) is 18.0 Å². The topological polar surface area (TPSA) is 96.1 Å². The molecule has 2 N–H and O–H groups in total. The Hall–Kier alpha value is -2.87. The van der Waals surface area contributed by atoms with Crippen molar-refractivity contribution < 1.29 is 14.0 Å². The molecule has 26 heavy (non-hydrogen) atoms. The molecule has 1 unspecified atom stereocenters. The zero-order valence-electron chi connectivity index (χ0n) is 14.4. The first-order valence-electron chi connectivity index (χ1n) is 8.02. The standard InChI is InChI=1S/C18H18N4O3S/c1-11-5-3-4-6-14(11)20-16(23)9-15-17(24)21-18(26-15)22-19-10-13-8-7-12(2)25-13/h3-8,10,15H,9H2,1-2H3,(H,20,23)(H,21,22,24)/b19-10-. The highest BCUT2D eigenvalue weighted by Crippen LogP contribution is 2.23. The quantitative estimate of drug-likeness (QED) is 0.625. The van der Waals surface area contributed by atoms with Crippen LogP contribution in [0.4, 0.5) is 5.69 Å². The number of nitrogens with one attached hydrogen (secondary N) is 2. The van der Waals surface area contributed by atoms with Crippen LogP contribution in [0.5, 0.6) is 0 Å². The first-order valence-corrected chi connectivity index (χ1v) is 8.89. The van der Waals surface area contributed by atoms with E-state index in [-0.39, 0.29) is 18.2 Å². The van der Waals surface area contributed by atoms with Crippen molar-refractivity contribution in [3.05, 3.63) is 53.5 Å². The van der Waals surface area contributed by atoms with Crippen molar-refractivity contribution in [2.75, 3.05) is 5.32 Å². The summed E-state index contributed by atoms with van der Waals surface area (Å²) in [7, 11) is 0. The summed E-state index contributed by atoms with van der Waals surface area (Å²) in [5.41, 5.74) is 1.71. The van der Waals surface area contributed by atoms with Crippen molar-refractivity contribution in [2.24, 2.45) is 10.2 Å². The number of carbonyl (C=O) groups is 2. The molecule has 0 radical (unpaired) electrons. The van der Waals surface area contributed by atoms with Gasteiger partial charge in [-0.2, -0.15) is 5.10 Å². The fraction of sp³-hybridized carbons (Fsp3) is 0.222. The van der Waals surface area contributed by atoms with E-state index in [1.807, 2.05) is 44.2 Å². The molecule has 1 aliphatic rings. The second-order valence-corrected chi connectivity index (χ2v) is 6.95. The number of para-hydroxylation sites is 1. The third-order valence-corrected chi connectivity index (χ3v) is 4.73. The summed E-state index contributed by atoms with van der Waals surface area (Å²) in [5, 5.41) is 13.1. The molecular weight excluding hydrogens is 352 g/mol. The van der Waals surface area contributed by atoms with Crippen molar-refractivity contribution >= 4 is 40.6 Å². The van der Waals surface area contributed by atoms with Crippen molar-refractivity contribution in [3.63, 3.8) is 0 Å². The molecule has 0 aliphatic carbocycles. The number of aryl methyl sites for hydroxylation is 2. The van der Waals surface area contributed by atoms with E-state index in [1.54, 1.807) is 6.07 Å². The van der Waals surface area contributed by atoms with E-state index in [4.69, 9.17) is 4.42 Å². The van der Waals surface area contributed by atoms with Gasteiger partial charge in [-0.15, -0.1) is 5.10 Å². The minimum Gasteiger partial charge on any atom is -0.460 e. The molecule has 7 nitrogen and oxygen atoms in total. The Balaban J connectivity index is 1.56. The normalized spacial score (nSPS) is 18.5. The molecule has 3 rings (SSSR count). The van der Waals surface area contributed by atoms with Gasteiger partial charge in [0.1, 0.15) is 16.8 Å². The second-order valence-electron chi connectivity index (χ2n) is 5.76. The largest absolute Gasteiger partial charge is 0.460 e. The van der Waals surface area contributed by atoms with E-state index in [0.717, 1.165) is 17.0 Å². The number of amidine groups is 1. The second kappa shape index (κ2) is 8.01. The zero-order chi connectivity index (χ0) is 18.5. The summed E-state index contributed by atoms with van der Waals surface area (Å²) in [5.74, 6) is 0.887. The van der Waals surface area contributed by atoms with Crippen LogP contribution in [0.1, 0.15) is 23.5 Å². The molecule has 134 valence electrons. The maximum atomic E-state index is 12.2. The summed E-state index contributed by atoms with van der Waals surface area (Å²) < 4.78 is 5.34. The maximum absolute atomic E-state index is 12.2. The number of hydrogen-bond donors (Lipinski definition) is 2. The molecule has 1 atom stereocenters. The first kappa shape index (κ1) is 17.9. The molecular formula is C18H18N4O3S.